The summed E-state index contributed by atoms with van der Waals surface area (Å²) in [5.74, 6) is -0.999. The normalized spacial score (nSPS) is 21.0. The van der Waals surface area contributed by atoms with E-state index in [1.165, 1.54) is 0 Å². The largest absolute Gasteiger partial charge is 0.466 e. The smallest absolute Gasteiger partial charge is 0.407 e. The molecule has 318 valence electrons. The minimum atomic E-state index is -0.557. The van der Waals surface area contributed by atoms with Gasteiger partial charge in [-0.15, -0.1) is 0 Å². The van der Waals surface area contributed by atoms with Gasteiger partial charge in [0.05, 0.1) is 13.2 Å². The van der Waals surface area contributed by atoms with Gasteiger partial charge in [0, 0.05) is 36.6 Å². The lowest BCUT2D eigenvalue weighted by Gasteiger charge is -2.40. The van der Waals surface area contributed by atoms with Crippen molar-refractivity contribution in [1.82, 2.24) is 10.6 Å². The van der Waals surface area contributed by atoms with Gasteiger partial charge < -0.3 is 39.1 Å². The zero-order chi connectivity index (χ0) is 41.7. The van der Waals surface area contributed by atoms with E-state index in [1.54, 1.807) is 13.8 Å². The fourth-order valence-corrected chi connectivity index (χ4v) is 7.92. The molecule has 14 heteroatoms. The van der Waals surface area contributed by atoms with E-state index in [4.69, 9.17) is 28.4 Å². The molecule has 0 radical (unpaired) electrons. The summed E-state index contributed by atoms with van der Waals surface area (Å²) in [5.41, 5.74) is 0.584. The summed E-state index contributed by atoms with van der Waals surface area (Å²) < 4.78 is 31.2. The second-order valence-corrected chi connectivity index (χ2v) is 17.1. The minimum absolute atomic E-state index is 0.00360. The van der Waals surface area contributed by atoms with Gasteiger partial charge in [0.2, 0.25) is 0 Å². The van der Waals surface area contributed by atoms with Crippen molar-refractivity contribution in [2.24, 2.45) is 28.6 Å². The molecule has 2 rings (SSSR count). The van der Waals surface area contributed by atoms with Crippen LogP contribution in [0, 0.1) is 28.6 Å². The Hall–Kier alpha value is -4.10. The van der Waals surface area contributed by atoms with Crippen LogP contribution in [-0.4, -0.2) is 88.3 Å². The van der Waals surface area contributed by atoms with Gasteiger partial charge in [0.1, 0.15) is 26.4 Å². The van der Waals surface area contributed by atoms with Crippen LogP contribution in [0.1, 0.15) is 125 Å². The number of hydrogen-bond acceptors (Lipinski definition) is 12. The molecule has 0 aromatic heterocycles. The van der Waals surface area contributed by atoms with Crippen molar-refractivity contribution in [2.75, 3.05) is 46.2 Å². The monoisotopic (exact) mass is 792 g/mol. The number of ether oxygens (including phenoxy) is 6. The summed E-state index contributed by atoms with van der Waals surface area (Å²) in [7, 11) is 0. The van der Waals surface area contributed by atoms with Gasteiger partial charge in [0.15, 0.2) is 0 Å². The Kier molecular flexibility index (Phi) is 21.0. The molecular weight excluding hydrogens is 724 g/mol. The number of carbonyl (C=O) groups excluding carboxylic acids is 6. The van der Waals surface area contributed by atoms with Crippen LogP contribution >= 0.6 is 0 Å². The summed E-state index contributed by atoms with van der Waals surface area (Å²) in [6, 6.07) is -0.0814. The first-order chi connectivity index (χ1) is 26.3. The van der Waals surface area contributed by atoms with Crippen molar-refractivity contribution < 1.29 is 57.2 Å². The van der Waals surface area contributed by atoms with E-state index in [-0.39, 0.29) is 85.0 Å². The molecule has 2 saturated carbocycles. The standard InChI is InChI=1S/C42H68N2O12/c1-29(2)37(47)53-18-17-52-36(46)23-32-21-33(26-41(5,6)25-32)28-43-39(49)55-16-12-10-9-11-15-51-35(45)14-13-31-22-34(27-42(7,8)24-31)44-40(50)56-20-19-54-38(48)30(3)4/h31-34H,1,3,9-28H2,2,4-8H3,(H,43,49)(H,44,50). The second kappa shape index (κ2) is 24.5. The topological polar surface area (TPSA) is 182 Å². The van der Waals surface area contributed by atoms with Crippen molar-refractivity contribution in [3.05, 3.63) is 24.3 Å². The number of esters is 4. The van der Waals surface area contributed by atoms with Crippen LogP contribution in [0.4, 0.5) is 9.59 Å². The number of carbonyl (C=O) groups is 6. The zero-order valence-corrected chi connectivity index (χ0v) is 34.8. The van der Waals surface area contributed by atoms with E-state index in [0.717, 1.165) is 57.8 Å². The Balaban J connectivity index is 1.54. The van der Waals surface area contributed by atoms with Crippen LogP contribution in [0.25, 0.3) is 0 Å². The molecule has 0 aromatic rings. The van der Waals surface area contributed by atoms with Gasteiger partial charge in [-0.2, -0.15) is 0 Å². The Morgan fingerprint density at radius 1 is 0.571 bits per heavy atom. The van der Waals surface area contributed by atoms with Crippen LogP contribution in [0.15, 0.2) is 24.3 Å². The third kappa shape index (κ3) is 21.3. The molecule has 0 aromatic carbocycles. The number of amides is 2. The number of unbranched alkanes of at least 4 members (excludes halogenated alkanes) is 3. The Bertz CT molecular complexity index is 1240. The lowest BCUT2D eigenvalue weighted by Crippen LogP contribution is -2.44. The fourth-order valence-electron chi connectivity index (χ4n) is 7.92. The van der Waals surface area contributed by atoms with Gasteiger partial charge in [-0.3, -0.25) is 9.59 Å². The third-order valence-electron chi connectivity index (χ3n) is 10.0. The highest BCUT2D eigenvalue weighted by Gasteiger charge is 2.36. The summed E-state index contributed by atoms with van der Waals surface area (Å²) >= 11 is 0. The lowest BCUT2D eigenvalue weighted by atomic mass is 9.66. The van der Waals surface area contributed by atoms with Crippen LogP contribution < -0.4 is 10.6 Å². The van der Waals surface area contributed by atoms with E-state index in [1.807, 2.05) is 0 Å². The van der Waals surface area contributed by atoms with E-state index in [2.05, 4.69) is 51.5 Å². The van der Waals surface area contributed by atoms with Gasteiger partial charge in [-0.25, -0.2) is 19.2 Å². The molecular formula is C42H68N2O12. The van der Waals surface area contributed by atoms with Gasteiger partial charge in [-0.1, -0.05) is 40.9 Å². The molecule has 0 saturated heterocycles. The Morgan fingerprint density at radius 3 is 1.70 bits per heavy atom. The maximum Gasteiger partial charge on any atom is 0.407 e. The molecule has 0 aliphatic heterocycles. The maximum absolute atomic E-state index is 12.5. The highest BCUT2D eigenvalue weighted by Crippen LogP contribution is 2.43. The van der Waals surface area contributed by atoms with Crippen LogP contribution in [0.5, 0.6) is 0 Å². The quantitative estimate of drug-likeness (QED) is 0.0463. The first-order valence-electron chi connectivity index (χ1n) is 20.1. The molecule has 56 heavy (non-hydrogen) atoms. The maximum atomic E-state index is 12.5. The van der Waals surface area contributed by atoms with Gasteiger partial charge in [-0.05, 0) is 113 Å². The lowest BCUT2D eigenvalue weighted by molar-refractivity contribution is -0.151. The molecule has 0 heterocycles. The molecule has 2 fully saturated rings. The molecule has 2 aliphatic rings. The average Bonchev–Trinajstić information content (AvgIpc) is 3.09. The Labute approximate surface area is 333 Å². The van der Waals surface area contributed by atoms with E-state index < -0.39 is 24.1 Å². The summed E-state index contributed by atoms with van der Waals surface area (Å²) in [6.45, 7) is 19.8. The van der Waals surface area contributed by atoms with Gasteiger partial charge >= 0.3 is 36.1 Å². The van der Waals surface area contributed by atoms with Crippen LogP contribution in [0.2, 0.25) is 0 Å². The van der Waals surface area contributed by atoms with Crippen molar-refractivity contribution >= 4 is 36.1 Å². The number of alkyl carbamates (subject to hydrolysis) is 2. The van der Waals surface area contributed by atoms with Crippen molar-refractivity contribution in [3.8, 4) is 0 Å². The SMILES string of the molecule is C=C(C)C(=O)OCCOC(=O)CC1CC(CNC(=O)OCCCCCCOC(=O)CCC2CC(NC(=O)OCCOC(=O)C(=C)C)CC(C)(C)C2)CC(C)(C)C1. The summed E-state index contributed by atoms with van der Waals surface area (Å²) in [5, 5.41) is 5.81. The second-order valence-electron chi connectivity index (χ2n) is 17.1. The average molecular weight is 793 g/mol. The number of nitrogens with one attached hydrogen (secondary N) is 2. The minimum Gasteiger partial charge on any atom is -0.466 e. The van der Waals surface area contributed by atoms with Crippen LogP contribution in [-0.2, 0) is 47.6 Å². The summed E-state index contributed by atoms with van der Waals surface area (Å²) in [4.78, 5) is 72.4. The fraction of sp³-hybridized carbons (Fsp3) is 0.762. The van der Waals surface area contributed by atoms with Crippen molar-refractivity contribution in [2.45, 2.75) is 131 Å². The molecule has 2 N–H and O–H groups in total. The molecule has 4 unspecified atom stereocenters. The predicted molar refractivity (Wildman–Crippen MR) is 209 cm³/mol. The van der Waals surface area contributed by atoms with E-state index in [9.17, 15) is 28.8 Å². The molecule has 2 amide bonds. The molecule has 14 nitrogen and oxygen atoms in total. The number of hydrogen-bond donors (Lipinski definition) is 2. The van der Waals surface area contributed by atoms with E-state index >= 15 is 0 Å². The molecule has 0 spiro atoms. The van der Waals surface area contributed by atoms with Gasteiger partial charge in [0.25, 0.3) is 0 Å². The molecule has 0 bridgehead atoms. The zero-order valence-electron chi connectivity index (χ0n) is 34.8. The molecule has 2 aliphatic carbocycles. The number of rotatable bonds is 23. The first-order valence-corrected chi connectivity index (χ1v) is 20.1. The van der Waals surface area contributed by atoms with Crippen molar-refractivity contribution in [1.29, 1.82) is 0 Å². The first kappa shape index (κ1) is 48.0. The molecule has 4 atom stereocenters. The summed E-state index contributed by atoms with van der Waals surface area (Å²) in [6.07, 6.45) is 8.46. The predicted octanol–water partition coefficient (Wildman–Crippen LogP) is 7.13. The highest BCUT2D eigenvalue weighted by molar-refractivity contribution is 5.87. The highest BCUT2D eigenvalue weighted by atomic mass is 16.6. The van der Waals surface area contributed by atoms with Crippen LogP contribution in [0.3, 0.4) is 0 Å². The van der Waals surface area contributed by atoms with Crippen molar-refractivity contribution in [3.63, 3.8) is 0 Å². The third-order valence-corrected chi connectivity index (χ3v) is 10.0. The Morgan fingerprint density at radius 2 is 1.07 bits per heavy atom. The van der Waals surface area contributed by atoms with E-state index in [0.29, 0.717) is 44.6 Å².